The molecule has 96 valence electrons. The third-order valence-electron chi connectivity index (χ3n) is 2.86. The summed E-state index contributed by atoms with van der Waals surface area (Å²) in [5.74, 6) is 0.260. The first-order chi connectivity index (χ1) is 9.10. The molecule has 0 aliphatic carbocycles. The van der Waals surface area contributed by atoms with Gasteiger partial charge in [0.25, 0.3) is 0 Å². The quantitative estimate of drug-likeness (QED) is 0.892. The minimum Gasteiger partial charge on any atom is -0.508 e. The number of phenols is 1. The molecule has 1 atom stereocenters. The van der Waals surface area contributed by atoms with Gasteiger partial charge in [-0.05, 0) is 58.7 Å². The molecule has 0 aliphatic rings. The molecule has 0 aliphatic heterocycles. The highest BCUT2D eigenvalue weighted by atomic mass is 79.9. The van der Waals surface area contributed by atoms with E-state index in [1.54, 1.807) is 24.3 Å². The molecule has 3 nitrogen and oxygen atoms in total. The van der Waals surface area contributed by atoms with Crippen LogP contribution in [0.25, 0.3) is 0 Å². The zero-order valence-electron chi connectivity index (χ0n) is 10.4. The third kappa shape index (κ3) is 3.27. The van der Waals surface area contributed by atoms with E-state index in [1.807, 2.05) is 25.1 Å². The summed E-state index contributed by atoms with van der Waals surface area (Å²) in [6.45, 7) is 2.04. The molecular formula is C15H13BrN2O. The maximum atomic E-state index is 9.27. The highest BCUT2D eigenvalue weighted by Crippen LogP contribution is 2.28. The van der Waals surface area contributed by atoms with Crippen molar-refractivity contribution in [1.82, 2.24) is 0 Å². The molecule has 0 bridgehead atoms. The van der Waals surface area contributed by atoms with Crippen LogP contribution < -0.4 is 5.32 Å². The van der Waals surface area contributed by atoms with Crippen molar-refractivity contribution in [2.24, 2.45) is 0 Å². The topological polar surface area (TPSA) is 56.0 Å². The fourth-order valence-corrected chi connectivity index (χ4v) is 2.27. The number of phenolic OH excluding ortho intramolecular Hbond substituents is 1. The number of anilines is 1. The Kier molecular flexibility index (Phi) is 4.08. The van der Waals surface area contributed by atoms with Crippen molar-refractivity contribution in [2.75, 3.05) is 5.32 Å². The van der Waals surface area contributed by atoms with Gasteiger partial charge in [-0.25, -0.2) is 0 Å². The second kappa shape index (κ2) is 5.77. The van der Waals surface area contributed by atoms with Crippen LogP contribution in [0.3, 0.4) is 0 Å². The molecule has 2 aromatic rings. The van der Waals surface area contributed by atoms with E-state index in [0.717, 1.165) is 15.7 Å². The average Bonchev–Trinajstić information content (AvgIpc) is 2.41. The van der Waals surface area contributed by atoms with Gasteiger partial charge in [0.05, 0.1) is 11.6 Å². The molecule has 1 unspecified atom stereocenters. The lowest BCUT2D eigenvalue weighted by Gasteiger charge is -2.17. The van der Waals surface area contributed by atoms with Crippen LogP contribution in [0.15, 0.2) is 46.9 Å². The summed E-state index contributed by atoms with van der Waals surface area (Å²) in [5.41, 5.74) is 2.63. The van der Waals surface area contributed by atoms with Gasteiger partial charge in [-0.1, -0.05) is 12.1 Å². The number of rotatable bonds is 3. The Balaban J connectivity index is 2.17. The monoisotopic (exact) mass is 316 g/mol. The normalized spacial score (nSPS) is 11.6. The van der Waals surface area contributed by atoms with Crippen LogP contribution in [0.2, 0.25) is 0 Å². The maximum absolute atomic E-state index is 9.27. The van der Waals surface area contributed by atoms with Gasteiger partial charge in [0, 0.05) is 16.2 Å². The fraction of sp³-hybridized carbons (Fsp3) is 0.133. The van der Waals surface area contributed by atoms with E-state index in [9.17, 15) is 5.11 Å². The first-order valence-corrected chi connectivity index (χ1v) is 6.64. The molecule has 0 fully saturated rings. The molecular weight excluding hydrogens is 304 g/mol. The summed E-state index contributed by atoms with van der Waals surface area (Å²) >= 11 is 3.45. The van der Waals surface area contributed by atoms with E-state index in [4.69, 9.17) is 5.26 Å². The number of nitrogens with one attached hydrogen (secondary N) is 1. The largest absolute Gasteiger partial charge is 0.508 e. The van der Waals surface area contributed by atoms with E-state index >= 15 is 0 Å². The molecule has 4 heteroatoms. The van der Waals surface area contributed by atoms with Gasteiger partial charge in [0.2, 0.25) is 0 Å². The van der Waals surface area contributed by atoms with Crippen molar-refractivity contribution in [3.8, 4) is 11.8 Å². The van der Waals surface area contributed by atoms with Gasteiger partial charge < -0.3 is 10.4 Å². The minimum absolute atomic E-state index is 0.102. The molecule has 0 saturated heterocycles. The number of aromatic hydroxyl groups is 1. The fourth-order valence-electron chi connectivity index (χ4n) is 1.78. The molecule has 0 heterocycles. The zero-order chi connectivity index (χ0) is 13.8. The Morgan fingerprint density at radius 1 is 1.21 bits per heavy atom. The Labute approximate surface area is 120 Å². The second-order valence-corrected chi connectivity index (χ2v) is 5.12. The van der Waals surface area contributed by atoms with Crippen molar-refractivity contribution >= 4 is 21.6 Å². The third-order valence-corrected chi connectivity index (χ3v) is 3.52. The summed E-state index contributed by atoms with van der Waals surface area (Å²) in [4.78, 5) is 0. The van der Waals surface area contributed by atoms with Crippen LogP contribution in [-0.2, 0) is 0 Å². The van der Waals surface area contributed by atoms with Crippen molar-refractivity contribution < 1.29 is 5.11 Å². The van der Waals surface area contributed by atoms with E-state index in [-0.39, 0.29) is 11.8 Å². The summed E-state index contributed by atoms with van der Waals surface area (Å²) in [6, 6.07) is 14.7. The smallest absolute Gasteiger partial charge is 0.115 e. The zero-order valence-corrected chi connectivity index (χ0v) is 12.0. The Morgan fingerprint density at radius 2 is 1.89 bits per heavy atom. The number of halogens is 1. The van der Waals surface area contributed by atoms with Crippen LogP contribution >= 0.6 is 15.9 Å². The summed E-state index contributed by atoms with van der Waals surface area (Å²) in [5, 5.41) is 21.5. The average molecular weight is 317 g/mol. The molecule has 0 spiro atoms. The van der Waals surface area contributed by atoms with Crippen molar-refractivity contribution in [3.05, 3.63) is 58.1 Å². The second-order valence-electron chi connectivity index (χ2n) is 4.26. The van der Waals surface area contributed by atoms with Crippen molar-refractivity contribution in [2.45, 2.75) is 13.0 Å². The van der Waals surface area contributed by atoms with Crippen LogP contribution in [0.1, 0.15) is 24.1 Å². The summed E-state index contributed by atoms with van der Waals surface area (Å²) in [7, 11) is 0. The molecule has 0 radical (unpaired) electrons. The Hall–Kier alpha value is -1.99. The summed E-state index contributed by atoms with van der Waals surface area (Å²) in [6.07, 6.45) is 0. The van der Waals surface area contributed by atoms with E-state index in [0.29, 0.717) is 5.56 Å². The standard InChI is InChI=1S/C15H13BrN2O/c1-10(12-3-5-13(19)6-4-12)18-15-7-2-11(9-17)8-14(15)16/h2-8,10,18-19H,1H3. The van der Waals surface area contributed by atoms with E-state index in [1.165, 1.54) is 0 Å². The Bertz CT molecular complexity index is 617. The predicted octanol–water partition coefficient (Wildman–Crippen LogP) is 4.20. The van der Waals surface area contributed by atoms with Gasteiger partial charge in [-0.2, -0.15) is 5.26 Å². The first-order valence-electron chi connectivity index (χ1n) is 5.85. The molecule has 0 aromatic heterocycles. The maximum Gasteiger partial charge on any atom is 0.115 e. The molecule has 2 aromatic carbocycles. The van der Waals surface area contributed by atoms with Crippen LogP contribution in [0, 0.1) is 11.3 Å². The molecule has 19 heavy (non-hydrogen) atoms. The summed E-state index contributed by atoms with van der Waals surface area (Å²) < 4.78 is 0.858. The van der Waals surface area contributed by atoms with Crippen molar-refractivity contribution in [1.29, 1.82) is 5.26 Å². The van der Waals surface area contributed by atoms with Crippen LogP contribution in [0.4, 0.5) is 5.69 Å². The highest BCUT2D eigenvalue weighted by Gasteiger charge is 2.08. The first kappa shape index (κ1) is 13.4. The predicted molar refractivity (Wildman–Crippen MR) is 79.0 cm³/mol. The number of nitriles is 1. The lowest BCUT2D eigenvalue weighted by Crippen LogP contribution is -2.06. The molecule has 0 saturated carbocycles. The van der Waals surface area contributed by atoms with Crippen molar-refractivity contribution in [3.63, 3.8) is 0 Å². The van der Waals surface area contributed by atoms with Crippen LogP contribution in [0.5, 0.6) is 5.75 Å². The SMILES string of the molecule is CC(Nc1ccc(C#N)cc1Br)c1ccc(O)cc1. The van der Waals surface area contributed by atoms with E-state index in [2.05, 4.69) is 27.3 Å². The van der Waals surface area contributed by atoms with Gasteiger partial charge in [0.1, 0.15) is 5.75 Å². The van der Waals surface area contributed by atoms with Gasteiger partial charge >= 0.3 is 0 Å². The number of hydrogen-bond acceptors (Lipinski definition) is 3. The lowest BCUT2D eigenvalue weighted by atomic mass is 10.1. The number of nitrogens with zero attached hydrogens (tertiary/aromatic N) is 1. The lowest BCUT2D eigenvalue weighted by molar-refractivity contribution is 0.475. The Morgan fingerprint density at radius 3 is 2.47 bits per heavy atom. The van der Waals surface area contributed by atoms with Crippen LogP contribution in [-0.4, -0.2) is 5.11 Å². The molecule has 0 amide bonds. The minimum atomic E-state index is 0.102. The van der Waals surface area contributed by atoms with Gasteiger partial charge in [-0.3, -0.25) is 0 Å². The molecule has 2 N–H and O–H groups in total. The van der Waals surface area contributed by atoms with Gasteiger partial charge in [-0.15, -0.1) is 0 Å². The highest BCUT2D eigenvalue weighted by molar-refractivity contribution is 9.10. The van der Waals surface area contributed by atoms with Gasteiger partial charge in [0.15, 0.2) is 0 Å². The van der Waals surface area contributed by atoms with E-state index < -0.39 is 0 Å². The number of benzene rings is 2. The molecule has 2 rings (SSSR count). The number of hydrogen-bond donors (Lipinski definition) is 2.